The predicted molar refractivity (Wildman–Crippen MR) is 125 cm³/mol. The van der Waals surface area contributed by atoms with Gasteiger partial charge in [-0.3, -0.25) is 14.8 Å². The first-order valence-corrected chi connectivity index (χ1v) is 11.5. The van der Waals surface area contributed by atoms with E-state index in [1.165, 1.54) is 12.1 Å². The maximum Gasteiger partial charge on any atom is 0.434 e. The number of carbonyl (C=O) groups excluding carboxylic acids is 1. The Labute approximate surface area is 203 Å². The number of alkyl halides is 3. The molecule has 0 saturated carbocycles. The number of amides is 1. The first kappa shape index (κ1) is 24.7. The number of anilines is 2. The molecule has 0 unspecified atom stereocenters. The number of hydrogen-bond acceptors (Lipinski definition) is 9. The fourth-order valence-corrected chi connectivity index (χ4v) is 4.97. The second-order valence-corrected chi connectivity index (χ2v) is 9.12. The van der Waals surface area contributed by atoms with Crippen molar-refractivity contribution in [2.45, 2.75) is 34.4 Å². The molecule has 1 fully saturated rings. The van der Waals surface area contributed by atoms with Crippen molar-refractivity contribution < 1.29 is 18.0 Å². The highest BCUT2D eigenvalue weighted by molar-refractivity contribution is 7.99. The summed E-state index contributed by atoms with van der Waals surface area (Å²) < 4.78 is 40.0. The van der Waals surface area contributed by atoms with E-state index in [0.29, 0.717) is 44.2 Å². The topological polar surface area (TPSA) is 150 Å². The van der Waals surface area contributed by atoms with Crippen LogP contribution in [-0.2, 0) is 11.6 Å². The number of nitrogens with two attached hydrogens (primary N) is 3. The van der Waals surface area contributed by atoms with Crippen molar-refractivity contribution in [3.05, 3.63) is 59.8 Å². The second kappa shape index (κ2) is 9.66. The minimum atomic E-state index is -4.67. The van der Waals surface area contributed by atoms with Crippen LogP contribution in [0.25, 0.3) is 0 Å². The van der Waals surface area contributed by atoms with Crippen LogP contribution < -0.4 is 22.1 Å². The van der Waals surface area contributed by atoms with E-state index in [1.54, 1.807) is 6.20 Å². The van der Waals surface area contributed by atoms with Crippen LogP contribution >= 0.6 is 11.8 Å². The van der Waals surface area contributed by atoms with Crippen molar-refractivity contribution in [1.29, 1.82) is 0 Å². The van der Waals surface area contributed by atoms with Gasteiger partial charge >= 0.3 is 6.18 Å². The van der Waals surface area contributed by atoms with Gasteiger partial charge in [0.25, 0.3) is 5.91 Å². The number of rotatable bonds is 6. The molecule has 0 aromatic carbocycles. The van der Waals surface area contributed by atoms with Crippen LogP contribution in [0.2, 0.25) is 0 Å². The smallest absolute Gasteiger partial charge is 0.381 e. The second-order valence-electron chi connectivity index (χ2n) is 8.09. The van der Waals surface area contributed by atoms with Gasteiger partial charge in [0.05, 0.1) is 0 Å². The number of piperidine rings is 1. The van der Waals surface area contributed by atoms with E-state index < -0.39 is 17.8 Å². The van der Waals surface area contributed by atoms with E-state index >= 15 is 0 Å². The molecule has 3 aromatic rings. The Kier molecular flexibility index (Phi) is 6.81. The minimum absolute atomic E-state index is 0.0668. The van der Waals surface area contributed by atoms with E-state index in [0.717, 1.165) is 11.9 Å². The molecule has 9 nitrogen and oxygen atoms in total. The van der Waals surface area contributed by atoms with Gasteiger partial charge in [0.1, 0.15) is 5.03 Å². The molecule has 0 spiro atoms. The monoisotopic (exact) mass is 504 g/mol. The van der Waals surface area contributed by atoms with Crippen molar-refractivity contribution >= 4 is 29.3 Å². The predicted octanol–water partition coefficient (Wildman–Crippen LogP) is 2.61. The molecule has 13 heteroatoms. The lowest BCUT2D eigenvalue weighted by Gasteiger charge is -2.41. The normalized spacial score (nSPS) is 15.7. The lowest BCUT2D eigenvalue weighted by Crippen LogP contribution is -2.48. The largest absolute Gasteiger partial charge is 0.434 e. The zero-order chi connectivity index (χ0) is 25.2. The fourth-order valence-electron chi connectivity index (χ4n) is 4.06. The van der Waals surface area contributed by atoms with Crippen LogP contribution in [0.15, 0.2) is 52.6 Å². The van der Waals surface area contributed by atoms with Gasteiger partial charge in [-0.2, -0.15) is 13.2 Å². The Morgan fingerprint density at radius 2 is 1.80 bits per heavy atom. The van der Waals surface area contributed by atoms with Crippen LogP contribution in [0.4, 0.5) is 24.8 Å². The molecule has 0 aliphatic carbocycles. The Morgan fingerprint density at radius 3 is 2.40 bits per heavy atom. The molecule has 0 atom stereocenters. The van der Waals surface area contributed by atoms with Crippen molar-refractivity contribution in [1.82, 2.24) is 19.9 Å². The summed E-state index contributed by atoms with van der Waals surface area (Å²) >= 11 is 0.623. The summed E-state index contributed by atoms with van der Waals surface area (Å²) in [6.45, 7) is 1.36. The van der Waals surface area contributed by atoms with Gasteiger partial charge in [-0.25, -0.2) is 9.97 Å². The van der Waals surface area contributed by atoms with E-state index in [-0.39, 0.29) is 32.7 Å². The van der Waals surface area contributed by atoms with Crippen LogP contribution in [0.3, 0.4) is 0 Å². The first-order chi connectivity index (χ1) is 16.6. The number of pyridine rings is 2. The van der Waals surface area contributed by atoms with Crippen LogP contribution in [0.5, 0.6) is 0 Å². The van der Waals surface area contributed by atoms with Gasteiger partial charge in [-0.05, 0) is 37.1 Å². The summed E-state index contributed by atoms with van der Waals surface area (Å²) in [5.41, 5.74) is 17.1. The molecule has 0 bridgehead atoms. The summed E-state index contributed by atoms with van der Waals surface area (Å²) in [5, 5.41) is -0.0668. The molecule has 1 amide bonds. The summed E-state index contributed by atoms with van der Waals surface area (Å²) in [6, 6.07) is 8.29. The van der Waals surface area contributed by atoms with Gasteiger partial charge < -0.3 is 22.1 Å². The number of nitrogens with zero attached hydrogens (tertiary/aromatic N) is 5. The van der Waals surface area contributed by atoms with Gasteiger partial charge in [-0.1, -0.05) is 17.8 Å². The highest BCUT2D eigenvalue weighted by Crippen LogP contribution is 2.40. The average molecular weight is 505 g/mol. The SMILES string of the molecule is NCC1(c2ccccn2)CCN(c2nc(N)c(Sc3cccnc3C(F)(F)F)nc2C(N)=O)CC1. The molecule has 4 rings (SSSR count). The fraction of sp³-hybridized carbons (Fsp3) is 0.318. The van der Waals surface area contributed by atoms with Gasteiger partial charge in [0, 0.05) is 48.0 Å². The standard InChI is InChI=1S/C22H23F3N8OS/c23-22(24,25)16-13(4-3-9-30-16)35-20-17(27)32-19(15(31-20)18(28)34)33-10-6-21(12-26,7-11-33)14-5-1-2-8-29-14/h1-5,8-9H,6-7,10-12,26H2,(H2,27,32)(H2,28,34). The Balaban J connectivity index is 1.63. The van der Waals surface area contributed by atoms with E-state index in [1.807, 2.05) is 23.1 Å². The Morgan fingerprint density at radius 1 is 1.09 bits per heavy atom. The molecule has 1 aliphatic heterocycles. The minimum Gasteiger partial charge on any atom is -0.381 e. The van der Waals surface area contributed by atoms with Gasteiger partial charge in [0.15, 0.2) is 23.0 Å². The molecular formula is C22H23F3N8OS. The summed E-state index contributed by atoms with van der Waals surface area (Å²) in [5.74, 6) is -0.794. The molecule has 1 saturated heterocycles. The third-order valence-electron chi connectivity index (χ3n) is 5.97. The molecule has 4 heterocycles. The maximum atomic E-state index is 13.3. The summed E-state index contributed by atoms with van der Waals surface area (Å²) in [6.07, 6.45) is -0.625. The lowest BCUT2D eigenvalue weighted by atomic mass is 9.75. The highest BCUT2D eigenvalue weighted by atomic mass is 32.2. The van der Waals surface area contributed by atoms with Crippen LogP contribution in [-0.4, -0.2) is 45.5 Å². The molecule has 6 N–H and O–H groups in total. The van der Waals surface area contributed by atoms with Crippen molar-refractivity contribution in [2.24, 2.45) is 11.5 Å². The number of halogens is 3. The van der Waals surface area contributed by atoms with Crippen LogP contribution in [0.1, 0.15) is 34.7 Å². The molecule has 3 aromatic heterocycles. The quantitative estimate of drug-likeness (QED) is 0.460. The lowest BCUT2D eigenvalue weighted by molar-refractivity contribution is -0.143. The summed E-state index contributed by atoms with van der Waals surface area (Å²) in [7, 11) is 0. The van der Waals surface area contributed by atoms with E-state index in [2.05, 4.69) is 19.9 Å². The number of hydrogen-bond donors (Lipinski definition) is 3. The molecule has 1 aliphatic rings. The zero-order valence-electron chi connectivity index (χ0n) is 18.5. The zero-order valence-corrected chi connectivity index (χ0v) is 19.3. The van der Waals surface area contributed by atoms with E-state index in [9.17, 15) is 18.0 Å². The number of primary amides is 1. The highest BCUT2D eigenvalue weighted by Gasteiger charge is 2.38. The van der Waals surface area contributed by atoms with Crippen LogP contribution in [0, 0.1) is 0 Å². The third-order valence-corrected chi connectivity index (χ3v) is 7.01. The summed E-state index contributed by atoms with van der Waals surface area (Å²) in [4.78, 5) is 30.3. The number of nitrogen functional groups attached to an aromatic ring is 1. The molecule has 0 radical (unpaired) electrons. The van der Waals surface area contributed by atoms with Crippen molar-refractivity contribution in [2.75, 3.05) is 30.3 Å². The average Bonchev–Trinajstić information content (AvgIpc) is 2.85. The first-order valence-electron chi connectivity index (χ1n) is 10.7. The molecule has 184 valence electrons. The third kappa shape index (κ3) is 5.00. The maximum absolute atomic E-state index is 13.3. The van der Waals surface area contributed by atoms with Crippen molar-refractivity contribution in [3.63, 3.8) is 0 Å². The molecule has 35 heavy (non-hydrogen) atoms. The van der Waals surface area contributed by atoms with Gasteiger partial charge in [0.2, 0.25) is 0 Å². The number of carbonyl (C=O) groups is 1. The Hall–Kier alpha value is -3.45. The number of aromatic nitrogens is 4. The Bertz CT molecular complexity index is 1220. The van der Waals surface area contributed by atoms with Gasteiger partial charge in [-0.15, -0.1) is 0 Å². The molecular weight excluding hydrogens is 481 g/mol. The van der Waals surface area contributed by atoms with E-state index in [4.69, 9.17) is 17.2 Å². The van der Waals surface area contributed by atoms with Crippen molar-refractivity contribution in [3.8, 4) is 0 Å².